The van der Waals surface area contributed by atoms with Crippen molar-refractivity contribution in [1.82, 2.24) is 4.98 Å². The van der Waals surface area contributed by atoms with Crippen molar-refractivity contribution in [3.8, 4) is 0 Å². The predicted octanol–water partition coefficient (Wildman–Crippen LogP) is 3.16. The van der Waals surface area contributed by atoms with Crippen molar-refractivity contribution in [3.63, 3.8) is 0 Å². The van der Waals surface area contributed by atoms with Gasteiger partial charge in [-0.1, -0.05) is 36.4 Å². The van der Waals surface area contributed by atoms with Gasteiger partial charge in [-0.3, -0.25) is 10.1 Å². The molecule has 2 rings (SSSR count). The molecule has 4 nitrogen and oxygen atoms in total. The van der Waals surface area contributed by atoms with E-state index < -0.39 is 4.92 Å². The second kappa shape index (κ2) is 5.03. The van der Waals surface area contributed by atoms with E-state index in [1.807, 2.05) is 42.5 Å². The van der Waals surface area contributed by atoms with Crippen molar-refractivity contribution < 1.29 is 4.92 Å². The molecule has 0 bridgehead atoms. The molecule has 0 unspecified atom stereocenters. The second-order valence-electron chi connectivity index (χ2n) is 3.44. The fourth-order valence-electron chi connectivity index (χ4n) is 1.35. The number of hydrogen-bond acceptors (Lipinski definition) is 3. The molecular formula is C13H10N2O2. The van der Waals surface area contributed by atoms with Crippen LogP contribution in [-0.4, -0.2) is 9.91 Å². The van der Waals surface area contributed by atoms with Crippen LogP contribution >= 0.6 is 0 Å². The standard InChI is InChI=1S/C13H10N2O2/c16-15(17)13-9-8-12(14-10-13)7-6-11-4-2-1-3-5-11/h1-10H. The molecule has 17 heavy (non-hydrogen) atoms. The molecule has 0 N–H and O–H groups in total. The van der Waals surface area contributed by atoms with Crippen molar-refractivity contribution in [3.05, 3.63) is 70.0 Å². The highest BCUT2D eigenvalue weighted by Crippen LogP contribution is 2.11. The third-order valence-corrected chi connectivity index (χ3v) is 2.23. The van der Waals surface area contributed by atoms with Gasteiger partial charge in [0, 0.05) is 6.07 Å². The Bertz CT molecular complexity index is 533. The molecule has 0 atom stereocenters. The minimum absolute atomic E-state index is 0.00172. The summed E-state index contributed by atoms with van der Waals surface area (Å²) in [6, 6.07) is 12.9. The van der Waals surface area contributed by atoms with Crippen molar-refractivity contribution in [1.29, 1.82) is 0 Å². The molecule has 0 radical (unpaired) electrons. The highest BCUT2D eigenvalue weighted by Gasteiger charge is 2.03. The summed E-state index contributed by atoms with van der Waals surface area (Å²) in [5.41, 5.74) is 1.76. The lowest BCUT2D eigenvalue weighted by atomic mass is 10.2. The van der Waals surface area contributed by atoms with Gasteiger partial charge in [0.15, 0.2) is 0 Å². The first-order valence-electron chi connectivity index (χ1n) is 5.09. The zero-order valence-electron chi connectivity index (χ0n) is 8.98. The van der Waals surface area contributed by atoms with Gasteiger partial charge in [0.2, 0.25) is 0 Å². The molecule has 0 aliphatic carbocycles. The molecule has 0 spiro atoms. The summed E-state index contributed by atoms with van der Waals surface area (Å²) in [7, 11) is 0. The quantitative estimate of drug-likeness (QED) is 0.596. The molecule has 0 aliphatic heterocycles. The predicted molar refractivity (Wildman–Crippen MR) is 66.3 cm³/mol. The van der Waals surface area contributed by atoms with Gasteiger partial charge in [0.05, 0.1) is 10.6 Å². The number of pyridine rings is 1. The fraction of sp³-hybridized carbons (Fsp3) is 0. The van der Waals surface area contributed by atoms with Gasteiger partial charge < -0.3 is 0 Å². The van der Waals surface area contributed by atoms with Crippen LogP contribution in [0.4, 0.5) is 5.69 Å². The van der Waals surface area contributed by atoms with Gasteiger partial charge in [-0.05, 0) is 17.7 Å². The molecule has 1 aromatic heterocycles. The van der Waals surface area contributed by atoms with Crippen molar-refractivity contribution >= 4 is 17.8 Å². The number of benzene rings is 1. The van der Waals surface area contributed by atoms with Crippen molar-refractivity contribution in [2.24, 2.45) is 0 Å². The molecule has 1 aromatic carbocycles. The van der Waals surface area contributed by atoms with Gasteiger partial charge in [-0.2, -0.15) is 0 Å². The third-order valence-electron chi connectivity index (χ3n) is 2.23. The zero-order chi connectivity index (χ0) is 12.1. The van der Waals surface area contributed by atoms with Crippen LogP contribution in [0.15, 0.2) is 48.7 Å². The van der Waals surface area contributed by atoms with E-state index in [2.05, 4.69) is 4.98 Å². The monoisotopic (exact) mass is 226 g/mol. The molecule has 1 heterocycles. The summed E-state index contributed by atoms with van der Waals surface area (Å²) in [6.45, 7) is 0. The summed E-state index contributed by atoms with van der Waals surface area (Å²) < 4.78 is 0. The van der Waals surface area contributed by atoms with E-state index >= 15 is 0 Å². The largest absolute Gasteiger partial charge is 0.287 e. The lowest BCUT2D eigenvalue weighted by Crippen LogP contribution is -1.89. The minimum Gasteiger partial charge on any atom is -0.258 e. The van der Waals surface area contributed by atoms with Gasteiger partial charge in [-0.15, -0.1) is 0 Å². The fourth-order valence-corrected chi connectivity index (χ4v) is 1.35. The van der Waals surface area contributed by atoms with Gasteiger partial charge >= 0.3 is 0 Å². The molecule has 0 aliphatic rings. The Labute approximate surface area is 98.4 Å². The first kappa shape index (κ1) is 11.0. The highest BCUT2D eigenvalue weighted by atomic mass is 16.6. The molecule has 0 saturated heterocycles. The first-order chi connectivity index (χ1) is 8.25. The van der Waals surface area contributed by atoms with E-state index in [9.17, 15) is 10.1 Å². The van der Waals surface area contributed by atoms with Crippen LogP contribution in [0.2, 0.25) is 0 Å². The maximum absolute atomic E-state index is 10.4. The summed E-state index contributed by atoms with van der Waals surface area (Å²) >= 11 is 0. The normalized spacial score (nSPS) is 10.6. The molecule has 0 saturated carbocycles. The van der Waals surface area contributed by atoms with Crippen LogP contribution in [0.1, 0.15) is 11.3 Å². The molecule has 0 fully saturated rings. The number of aromatic nitrogens is 1. The number of nitrogens with zero attached hydrogens (tertiary/aromatic N) is 2. The molecule has 84 valence electrons. The maximum Gasteiger partial charge on any atom is 0.287 e. The van der Waals surface area contributed by atoms with Gasteiger partial charge in [0.25, 0.3) is 5.69 Å². The molecule has 2 aromatic rings. The Morgan fingerprint density at radius 2 is 1.82 bits per heavy atom. The maximum atomic E-state index is 10.4. The van der Waals surface area contributed by atoms with Gasteiger partial charge in [0.1, 0.15) is 6.20 Å². The van der Waals surface area contributed by atoms with E-state index in [1.54, 1.807) is 6.07 Å². The second-order valence-corrected chi connectivity index (χ2v) is 3.44. The van der Waals surface area contributed by atoms with E-state index in [0.717, 1.165) is 5.56 Å². The van der Waals surface area contributed by atoms with Crippen molar-refractivity contribution in [2.75, 3.05) is 0 Å². The summed E-state index contributed by atoms with van der Waals surface area (Å²) in [6.07, 6.45) is 4.98. The Balaban J connectivity index is 2.14. The Morgan fingerprint density at radius 3 is 2.41 bits per heavy atom. The highest BCUT2D eigenvalue weighted by molar-refractivity contribution is 5.67. The first-order valence-corrected chi connectivity index (χ1v) is 5.09. The zero-order valence-corrected chi connectivity index (χ0v) is 8.98. The average molecular weight is 226 g/mol. The van der Waals surface area contributed by atoms with E-state index in [0.29, 0.717) is 5.69 Å². The van der Waals surface area contributed by atoms with Crippen LogP contribution in [-0.2, 0) is 0 Å². The number of rotatable bonds is 3. The Hall–Kier alpha value is -2.49. The van der Waals surface area contributed by atoms with Gasteiger partial charge in [-0.25, -0.2) is 4.98 Å². The third kappa shape index (κ3) is 2.98. The van der Waals surface area contributed by atoms with E-state index in [-0.39, 0.29) is 5.69 Å². The lowest BCUT2D eigenvalue weighted by Gasteiger charge is -1.93. The van der Waals surface area contributed by atoms with E-state index in [1.165, 1.54) is 12.3 Å². The van der Waals surface area contributed by atoms with Crippen LogP contribution < -0.4 is 0 Å². The van der Waals surface area contributed by atoms with Crippen LogP contribution in [0.25, 0.3) is 12.2 Å². The lowest BCUT2D eigenvalue weighted by molar-refractivity contribution is -0.385. The summed E-state index contributed by atoms with van der Waals surface area (Å²) in [5, 5.41) is 10.4. The smallest absolute Gasteiger partial charge is 0.258 e. The molecular weight excluding hydrogens is 216 g/mol. The number of hydrogen-bond donors (Lipinski definition) is 0. The van der Waals surface area contributed by atoms with Crippen molar-refractivity contribution in [2.45, 2.75) is 0 Å². The minimum atomic E-state index is -0.461. The average Bonchev–Trinajstić information content (AvgIpc) is 2.38. The summed E-state index contributed by atoms with van der Waals surface area (Å²) in [4.78, 5) is 14.0. The molecule has 0 amide bonds. The molecule has 4 heteroatoms. The Kier molecular flexibility index (Phi) is 3.25. The van der Waals surface area contributed by atoms with E-state index in [4.69, 9.17) is 0 Å². The topological polar surface area (TPSA) is 56.0 Å². The van der Waals surface area contributed by atoms with Crippen LogP contribution in [0, 0.1) is 10.1 Å². The Morgan fingerprint density at radius 1 is 1.06 bits per heavy atom. The summed E-state index contributed by atoms with van der Waals surface area (Å²) in [5.74, 6) is 0. The van der Waals surface area contributed by atoms with Crippen LogP contribution in [0.5, 0.6) is 0 Å². The number of nitro groups is 1. The SMILES string of the molecule is O=[N+]([O-])c1ccc(C=Cc2ccccc2)nc1. The van der Waals surface area contributed by atoms with Crippen LogP contribution in [0.3, 0.4) is 0 Å².